The maximum absolute atomic E-state index is 10.1. The van der Waals surface area contributed by atoms with Crippen molar-refractivity contribution in [2.24, 2.45) is 0 Å². The van der Waals surface area contributed by atoms with Gasteiger partial charge in [0.25, 0.3) is 0 Å². The SMILES string of the molecule is Cl.Cl.Nc1ccc(Oc2ccc3c(c2)S(O)(O)NCCN3)cc1. The van der Waals surface area contributed by atoms with Gasteiger partial charge in [-0.2, -0.15) is 0 Å². The third-order valence-electron chi connectivity index (χ3n) is 3.12. The van der Waals surface area contributed by atoms with Gasteiger partial charge in [-0.1, -0.05) is 0 Å². The summed E-state index contributed by atoms with van der Waals surface area (Å²) in [4.78, 5) is 0.410. The van der Waals surface area contributed by atoms with E-state index in [1.165, 1.54) is 0 Å². The number of benzene rings is 2. The molecule has 6 N–H and O–H groups in total. The number of rotatable bonds is 2. The molecule has 0 amide bonds. The van der Waals surface area contributed by atoms with Crippen molar-refractivity contribution in [1.82, 2.24) is 4.72 Å². The summed E-state index contributed by atoms with van der Waals surface area (Å²) in [6, 6.07) is 12.2. The molecule has 1 aliphatic heterocycles. The minimum absolute atomic E-state index is 0. The van der Waals surface area contributed by atoms with Crippen LogP contribution in [0, 0.1) is 0 Å². The summed E-state index contributed by atoms with van der Waals surface area (Å²) in [7, 11) is -3.01. The Kier molecular flexibility index (Phi) is 6.82. The molecular weight excluding hydrogens is 361 g/mol. The molecule has 23 heavy (non-hydrogen) atoms. The van der Waals surface area contributed by atoms with E-state index >= 15 is 0 Å². The summed E-state index contributed by atoms with van der Waals surface area (Å²) < 4.78 is 28.7. The first-order valence-corrected chi connectivity index (χ1v) is 8.03. The second kappa shape index (κ2) is 7.96. The summed E-state index contributed by atoms with van der Waals surface area (Å²) in [6.45, 7) is 1.10. The highest BCUT2D eigenvalue weighted by molar-refractivity contribution is 8.22. The fourth-order valence-electron chi connectivity index (χ4n) is 2.09. The Morgan fingerprint density at radius 2 is 1.61 bits per heavy atom. The quantitative estimate of drug-likeness (QED) is 0.506. The average Bonchev–Trinajstić information content (AvgIpc) is 2.61. The van der Waals surface area contributed by atoms with Crippen LogP contribution >= 0.6 is 35.6 Å². The maximum atomic E-state index is 10.1. The lowest BCUT2D eigenvalue weighted by Gasteiger charge is -2.32. The molecule has 0 unspecified atom stereocenters. The molecule has 0 fully saturated rings. The first-order chi connectivity index (χ1) is 10.0. The molecule has 0 aliphatic carbocycles. The van der Waals surface area contributed by atoms with E-state index in [1.807, 2.05) is 0 Å². The molecule has 1 heterocycles. The zero-order valence-electron chi connectivity index (χ0n) is 12.1. The number of fused-ring (bicyclic) bond motifs is 1. The Balaban J connectivity index is 0.00000132. The third kappa shape index (κ3) is 4.57. The number of nitrogens with one attached hydrogen (secondary N) is 2. The van der Waals surface area contributed by atoms with Crippen molar-refractivity contribution in [2.45, 2.75) is 4.90 Å². The van der Waals surface area contributed by atoms with Crippen LogP contribution in [-0.4, -0.2) is 22.2 Å². The zero-order chi connectivity index (χ0) is 14.9. The molecule has 0 radical (unpaired) electrons. The number of nitrogens with two attached hydrogens (primary N) is 1. The van der Waals surface area contributed by atoms with Crippen molar-refractivity contribution < 1.29 is 13.8 Å². The second-order valence-electron chi connectivity index (χ2n) is 4.70. The van der Waals surface area contributed by atoms with Crippen LogP contribution in [0.25, 0.3) is 0 Å². The Hall–Kier alpha value is -1.35. The molecule has 6 nitrogen and oxygen atoms in total. The van der Waals surface area contributed by atoms with Crippen molar-refractivity contribution >= 4 is 47.0 Å². The molecule has 0 aromatic heterocycles. The number of nitrogen functional groups attached to an aromatic ring is 1. The third-order valence-corrected chi connectivity index (χ3v) is 4.68. The molecule has 2 aromatic rings. The second-order valence-corrected chi connectivity index (χ2v) is 6.53. The molecule has 0 atom stereocenters. The maximum Gasteiger partial charge on any atom is 0.129 e. The normalized spacial score (nSPS) is 16.4. The number of hydrogen-bond donors (Lipinski definition) is 5. The smallest absolute Gasteiger partial charge is 0.129 e. The first kappa shape index (κ1) is 19.7. The predicted molar refractivity (Wildman–Crippen MR) is 99.5 cm³/mol. The van der Waals surface area contributed by atoms with E-state index in [9.17, 15) is 9.11 Å². The zero-order valence-corrected chi connectivity index (χ0v) is 14.5. The van der Waals surface area contributed by atoms with Gasteiger partial charge in [0.1, 0.15) is 16.4 Å². The monoisotopic (exact) mass is 379 g/mol. The topological polar surface area (TPSA) is 99.8 Å². The lowest BCUT2D eigenvalue weighted by Crippen LogP contribution is -2.22. The summed E-state index contributed by atoms with van der Waals surface area (Å²) in [5.41, 5.74) is 6.99. The number of hydrogen-bond acceptors (Lipinski definition) is 6. The van der Waals surface area contributed by atoms with Gasteiger partial charge in [0.15, 0.2) is 0 Å². The van der Waals surface area contributed by atoms with E-state index in [1.54, 1.807) is 42.5 Å². The summed E-state index contributed by atoms with van der Waals surface area (Å²) in [6.07, 6.45) is 0. The molecule has 2 aromatic carbocycles. The van der Waals surface area contributed by atoms with Crippen LogP contribution < -0.4 is 20.5 Å². The Morgan fingerprint density at radius 1 is 0.957 bits per heavy atom. The number of halogens is 2. The summed E-state index contributed by atoms with van der Waals surface area (Å²) in [5.74, 6) is 1.17. The van der Waals surface area contributed by atoms with Crippen LogP contribution in [0.3, 0.4) is 0 Å². The van der Waals surface area contributed by atoms with E-state index < -0.39 is 10.8 Å². The van der Waals surface area contributed by atoms with Crippen molar-refractivity contribution in [3.63, 3.8) is 0 Å². The molecule has 1 aliphatic rings. The molecule has 0 saturated heterocycles. The highest BCUT2D eigenvalue weighted by atomic mass is 35.5. The highest BCUT2D eigenvalue weighted by Crippen LogP contribution is 2.50. The van der Waals surface area contributed by atoms with Crippen LogP contribution in [0.5, 0.6) is 11.5 Å². The van der Waals surface area contributed by atoms with Gasteiger partial charge in [0.2, 0.25) is 0 Å². The standard InChI is InChI=1S/C14H17N3O3S.2ClH/c15-10-1-3-11(4-2-10)20-12-5-6-13-14(9-12)21(18,19)17-8-7-16-13;;/h1-6,9,16-19H,7-8,15H2;2*1H. The van der Waals surface area contributed by atoms with Gasteiger partial charge < -0.3 is 15.8 Å². The number of anilines is 2. The van der Waals surface area contributed by atoms with Crippen LogP contribution in [0.15, 0.2) is 47.4 Å². The van der Waals surface area contributed by atoms with Crippen LogP contribution in [0.1, 0.15) is 0 Å². The van der Waals surface area contributed by atoms with Gasteiger partial charge >= 0.3 is 0 Å². The molecule has 128 valence electrons. The first-order valence-electron chi connectivity index (χ1n) is 6.49. The lowest BCUT2D eigenvalue weighted by molar-refractivity contribution is 0.466. The van der Waals surface area contributed by atoms with Gasteiger partial charge in [-0.05, 0) is 36.4 Å². The molecular formula is C14H19Cl2N3O3S. The van der Waals surface area contributed by atoms with E-state index in [-0.39, 0.29) is 24.8 Å². The van der Waals surface area contributed by atoms with Crippen molar-refractivity contribution in [1.29, 1.82) is 0 Å². The van der Waals surface area contributed by atoms with E-state index in [4.69, 9.17) is 10.5 Å². The fraction of sp³-hybridized carbons (Fsp3) is 0.143. The minimum atomic E-state index is -3.01. The average molecular weight is 380 g/mol. The fourth-order valence-corrected chi connectivity index (χ4v) is 3.36. The van der Waals surface area contributed by atoms with E-state index in [0.717, 1.165) is 0 Å². The molecule has 0 saturated carbocycles. The van der Waals surface area contributed by atoms with Gasteiger partial charge in [-0.15, -0.1) is 35.6 Å². The van der Waals surface area contributed by atoms with E-state index in [0.29, 0.717) is 40.9 Å². The Bertz CT molecular complexity index is 656. The molecule has 0 spiro atoms. The number of ether oxygens (including phenoxy) is 1. The van der Waals surface area contributed by atoms with Crippen LogP contribution in [0.2, 0.25) is 0 Å². The van der Waals surface area contributed by atoms with Crippen LogP contribution in [0.4, 0.5) is 11.4 Å². The van der Waals surface area contributed by atoms with Crippen molar-refractivity contribution in [3.05, 3.63) is 42.5 Å². The van der Waals surface area contributed by atoms with Crippen LogP contribution in [-0.2, 0) is 0 Å². The molecule has 3 rings (SSSR count). The largest absolute Gasteiger partial charge is 0.457 e. The lowest BCUT2D eigenvalue weighted by atomic mass is 10.3. The van der Waals surface area contributed by atoms with Gasteiger partial charge in [-0.3, -0.25) is 9.11 Å². The van der Waals surface area contributed by atoms with Gasteiger partial charge in [0, 0.05) is 24.8 Å². The van der Waals surface area contributed by atoms with E-state index in [2.05, 4.69) is 10.0 Å². The Labute approximate surface area is 148 Å². The van der Waals surface area contributed by atoms with Crippen molar-refractivity contribution in [3.8, 4) is 11.5 Å². The van der Waals surface area contributed by atoms with Crippen molar-refractivity contribution in [2.75, 3.05) is 24.1 Å². The Morgan fingerprint density at radius 3 is 2.30 bits per heavy atom. The predicted octanol–water partition coefficient (Wildman–Crippen LogP) is 3.94. The molecule has 9 heteroatoms. The van der Waals surface area contributed by atoms with Gasteiger partial charge in [-0.25, -0.2) is 4.72 Å². The summed E-state index contributed by atoms with van der Waals surface area (Å²) in [5, 5.41) is 3.15. The highest BCUT2D eigenvalue weighted by Gasteiger charge is 2.22. The van der Waals surface area contributed by atoms with Gasteiger partial charge in [0.05, 0.1) is 5.69 Å². The minimum Gasteiger partial charge on any atom is -0.457 e. The molecule has 0 bridgehead atoms. The summed E-state index contributed by atoms with van der Waals surface area (Å²) >= 11 is 0.